The number of amides is 1. The van der Waals surface area contributed by atoms with Gasteiger partial charge in [0.1, 0.15) is 5.69 Å². The Morgan fingerprint density at radius 2 is 2.00 bits per heavy atom. The van der Waals surface area contributed by atoms with Crippen LogP contribution in [0.5, 0.6) is 0 Å². The van der Waals surface area contributed by atoms with Crippen LogP contribution in [0.2, 0.25) is 0 Å². The van der Waals surface area contributed by atoms with Gasteiger partial charge in [-0.15, -0.1) is 0 Å². The average molecular weight is 262 g/mol. The van der Waals surface area contributed by atoms with Gasteiger partial charge in [0.05, 0.1) is 6.10 Å². The van der Waals surface area contributed by atoms with E-state index in [1.54, 1.807) is 0 Å². The molecule has 0 aromatic carbocycles. The Morgan fingerprint density at radius 1 is 1.32 bits per heavy atom. The molecule has 1 amide bonds. The van der Waals surface area contributed by atoms with Gasteiger partial charge in [0, 0.05) is 25.3 Å². The fraction of sp³-hybridized carbons (Fsp3) is 0.667. The summed E-state index contributed by atoms with van der Waals surface area (Å²) in [5.74, 6) is 0.500. The minimum absolute atomic E-state index is 0.154. The van der Waals surface area contributed by atoms with Crippen molar-refractivity contribution in [3.05, 3.63) is 24.0 Å². The normalized spacial score (nSPS) is 22.5. The van der Waals surface area contributed by atoms with Gasteiger partial charge in [-0.1, -0.05) is 0 Å². The number of hydrogen-bond acceptors (Lipinski definition) is 2. The van der Waals surface area contributed by atoms with E-state index < -0.39 is 0 Å². The second kappa shape index (κ2) is 5.00. The average Bonchev–Trinajstić information content (AvgIpc) is 3.15. The lowest BCUT2D eigenvalue weighted by Crippen LogP contribution is -2.41. The molecule has 1 unspecified atom stereocenters. The Hall–Kier alpha value is -1.29. The van der Waals surface area contributed by atoms with Crippen LogP contribution in [0.15, 0.2) is 18.3 Å². The molecule has 1 N–H and O–H groups in total. The maximum absolute atomic E-state index is 12.5. The van der Waals surface area contributed by atoms with Gasteiger partial charge in [0.2, 0.25) is 0 Å². The summed E-state index contributed by atoms with van der Waals surface area (Å²) < 4.78 is 2.13. The molecule has 1 aliphatic heterocycles. The Morgan fingerprint density at radius 3 is 2.58 bits per heavy atom. The van der Waals surface area contributed by atoms with Crippen molar-refractivity contribution in [3.63, 3.8) is 0 Å². The van der Waals surface area contributed by atoms with Crippen LogP contribution in [0, 0.1) is 5.92 Å². The van der Waals surface area contributed by atoms with Crippen molar-refractivity contribution in [1.29, 1.82) is 0 Å². The molecule has 0 spiro atoms. The standard InChI is InChI=1S/C15H22N2O2/c1-11(18)12-6-9-16(10-7-12)15(19)14-3-2-8-17(14)13-4-5-13/h2-3,8,11-13,18H,4-7,9-10H2,1H3. The van der Waals surface area contributed by atoms with Crippen molar-refractivity contribution in [3.8, 4) is 0 Å². The summed E-state index contributed by atoms with van der Waals surface area (Å²) in [6.07, 6.45) is 5.97. The molecule has 2 fully saturated rings. The number of hydrogen-bond donors (Lipinski definition) is 1. The van der Waals surface area contributed by atoms with Crippen molar-refractivity contribution < 1.29 is 9.90 Å². The fourth-order valence-corrected chi connectivity index (χ4v) is 2.99. The highest BCUT2D eigenvalue weighted by molar-refractivity contribution is 5.93. The topological polar surface area (TPSA) is 45.5 Å². The van der Waals surface area contributed by atoms with E-state index in [0.29, 0.717) is 12.0 Å². The molecule has 0 bridgehead atoms. The first-order valence-electron chi connectivity index (χ1n) is 7.31. The predicted octanol–water partition coefficient (Wildman–Crippen LogP) is 2.06. The van der Waals surface area contributed by atoms with Crippen LogP contribution in [0.1, 0.15) is 49.1 Å². The van der Waals surface area contributed by atoms with Crippen LogP contribution < -0.4 is 0 Å². The van der Waals surface area contributed by atoms with E-state index in [0.717, 1.165) is 31.6 Å². The fourth-order valence-electron chi connectivity index (χ4n) is 2.99. The molecular formula is C15H22N2O2. The molecule has 1 aromatic rings. The summed E-state index contributed by atoms with van der Waals surface area (Å²) in [6, 6.07) is 4.44. The van der Waals surface area contributed by atoms with Crippen LogP contribution in [0.3, 0.4) is 0 Å². The van der Waals surface area contributed by atoms with Gasteiger partial charge in [0.25, 0.3) is 5.91 Å². The Bertz CT molecular complexity index is 454. The van der Waals surface area contributed by atoms with Crippen molar-refractivity contribution in [2.45, 2.75) is 44.8 Å². The Labute approximate surface area is 114 Å². The first-order valence-corrected chi connectivity index (χ1v) is 7.31. The minimum Gasteiger partial charge on any atom is -0.393 e. The van der Waals surface area contributed by atoms with E-state index in [-0.39, 0.29) is 12.0 Å². The van der Waals surface area contributed by atoms with E-state index in [9.17, 15) is 9.90 Å². The number of carbonyl (C=O) groups is 1. The summed E-state index contributed by atoms with van der Waals surface area (Å²) in [5, 5.41) is 9.60. The van der Waals surface area contributed by atoms with Gasteiger partial charge in [0.15, 0.2) is 0 Å². The van der Waals surface area contributed by atoms with Crippen molar-refractivity contribution in [2.75, 3.05) is 13.1 Å². The third-order valence-corrected chi connectivity index (χ3v) is 4.45. The number of aliphatic hydroxyl groups is 1. The molecule has 1 saturated carbocycles. The van der Waals surface area contributed by atoms with Gasteiger partial charge < -0.3 is 14.6 Å². The second-order valence-corrected chi connectivity index (χ2v) is 5.90. The van der Waals surface area contributed by atoms with E-state index in [4.69, 9.17) is 0 Å². The number of piperidine rings is 1. The van der Waals surface area contributed by atoms with Crippen LogP contribution in [0.25, 0.3) is 0 Å². The zero-order chi connectivity index (χ0) is 13.4. The summed E-state index contributed by atoms with van der Waals surface area (Å²) in [4.78, 5) is 14.5. The highest BCUT2D eigenvalue weighted by Gasteiger charge is 2.30. The third kappa shape index (κ3) is 2.54. The lowest BCUT2D eigenvalue weighted by atomic mass is 9.92. The molecule has 1 aliphatic carbocycles. The van der Waals surface area contributed by atoms with Gasteiger partial charge in [-0.2, -0.15) is 0 Å². The first-order chi connectivity index (χ1) is 9.16. The zero-order valence-electron chi connectivity index (χ0n) is 11.5. The van der Waals surface area contributed by atoms with Crippen LogP contribution in [-0.2, 0) is 0 Å². The lowest BCUT2D eigenvalue weighted by molar-refractivity contribution is 0.0513. The molecule has 0 radical (unpaired) electrons. The third-order valence-electron chi connectivity index (χ3n) is 4.45. The molecule has 1 atom stereocenters. The number of aliphatic hydroxyl groups excluding tert-OH is 1. The van der Waals surface area contributed by atoms with E-state index >= 15 is 0 Å². The number of carbonyl (C=O) groups excluding carboxylic acids is 1. The summed E-state index contributed by atoms with van der Waals surface area (Å²) in [6.45, 7) is 3.38. The molecule has 2 heterocycles. The lowest BCUT2D eigenvalue weighted by Gasteiger charge is -2.33. The summed E-state index contributed by atoms with van der Waals surface area (Å²) in [7, 11) is 0. The zero-order valence-corrected chi connectivity index (χ0v) is 11.5. The van der Waals surface area contributed by atoms with E-state index in [1.165, 1.54) is 12.8 Å². The molecule has 2 aliphatic rings. The second-order valence-electron chi connectivity index (χ2n) is 5.90. The molecule has 19 heavy (non-hydrogen) atoms. The van der Waals surface area contributed by atoms with Crippen molar-refractivity contribution in [2.24, 2.45) is 5.92 Å². The number of aromatic nitrogens is 1. The van der Waals surface area contributed by atoms with Gasteiger partial charge in [-0.25, -0.2) is 0 Å². The van der Waals surface area contributed by atoms with E-state index in [1.807, 2.05) is 30.2 Å². The maximum atomic E-state index is 12.5. The quantitative estimate of drug-likeness (QED) is 0.906. The predicted molar refractivity (Wildman–Crippen MR) is 73.0 cm³/mol. The Kier molecular flexibility index (Phi) is 3.35. The van der Waals surface area contributed by atoms with Gasteiger partial charge >= 0.3 is 0 Å². The molecule has 4 heteroatoms. The molecule has 4 nitrogen and oxygen atoms in total. The summed E-state index contributed by atoms with van der Waals surface area (Å²) >= 11 is 0. The maximum Gasteiger partial charge on any atom is 0.270 e. The monoisotopic (exact) mass is 262 g/mol. The molecule has 3 rings (SSSR count). The molecular weight excluding hydrogens is 240 g/mol. The first kappa shape index (κ1) is 12.7. The number of nitrogens with zero attached hydrogens (tertiary/aromatic N) is 2. The van der Waals surface area contributed by atoms with Crippen molar-refractivity contribution in [1.82, 2.24) is 9.47 Å². The molecule has 104 valence electrons. The highest BCUT2D eigenvalue weighted by atomic mass is 16.3. The Balaban J connectivity index is 1.66. The SMILES string of the molecule is CC(O)C1CCN(C(=O)c2cccn2C2CC2)CC1. The number of likely N-dealkylation sites (tertiary alicyclic amines) is 1. The smallest absolute Gasteiger partial charge is 0.270 e. The highest BCUT2D eigenvalue weighted by Crippen LogP contribution is 2.36. The van der Waals surface area contributed by atoms with Gasteiger partial charge in [-0.05, 0) is 50.7 Å². The largest absolute Gasteiger partial charge is 0.393 e. The van der Waals surface area contributed by atoms with E-state index in [2.05, 4.69) is 4.57 Å². The minimum atomic E-state index is -0.257. The van der Waals surface area contributed by atoms with Crippen LogP contribution >= 0.6 is 0 Å². The van der Waals surface area contributed by atoms with Crippen LogP contribution in [0.4, 0.5) is 0 Å². The van der Waals surface area contributed by atoms with Crippen LogP contribution in [-0.4, -0.2) is 39.7 Å². The van der Waals surface area contributed by atoms with Crippen molar-refractivity contribution >= 4 is 5.91 Å². The van der Waals surface area contributed by atoms with Gasteiger partial charge in [-0.3, -0.25) is 4.79 Å². The number of rotatable bonds is 3. The molecule has 1 saturated heterocycles. The molecule has 1 aromatic heterocycles. The summed E-state index contributed by atoms with van der Waals surface area (Å²) in [5.41, 5.74) is 0.831.